The molecule has 0 unspecified atom stereocenters. The molecule has 3 aromatic rings. The third kappa shape index (κ3) is 2.74. The van der Waals surface area contributed by atoms with Gasteiger partial charge in [0.15, 0.2) is 5.13 Å². The van der Waals surface area contributed by atoms with Crippen LogP contribution in [0.1, 0.15) is 31.2 Å². The molecule has 4 rings (SSSR count). The summed E-state index contributed by atoms with van der Waals surface area (Å²) < 4.78 is 0. The smallest absolute Gasteiger partial charge is 0.268 e. The average molecular weight is 389 g/mol. The summed E-state index contributed by atoms with van der Waals surface area (Å²) in [6.07, 6.45) is 2.18. The lowest BCUT2D eigenvalue weighted by atomic mass is 10.1. The van der Waals surface area contributed by atoms with E-state index in [1.807, 2.05) is 12.1 Å². The minimum atomic E-state index is -0.345. The molecule has 0 spiro atoms. The fraction of sp³-hybridized carbons (Fsp3) is 0.0556. The Morgan fingerprint density at radius 3 is 2.32 bits per heavy atom. The molecular formula is C18H10Cl2N2O2S. The van der Waals surface area contributed by atoms with Gasteiger partial charge in [-0.1, -0.05) is 47.5 Å². The number of benzene rings is 2. The minimum Gasteiger partial charge on any atom is -0.268 e. The summed E-state index contributed by atoms with van der Waals surface area (Å²) >= 11 is 13.5. The second kappa shape index (κ2) is 6.26. The molecule has 0 N–H and O–H groups in total. The molecule has 0 radical (unpaired) electrons. The Bertz CT molecular complexity index is 981. The molecule has 1 aromatic heterocycles. The topological polar surface area (TPSA) is 50.3 Å². The van der Waals surface area contributed by atoms with E-state index in [1.54, 1.807) is 36.5 Å². The summed E-state index contributed by atoms with van der Waals surface area (Å²) in [7, 11) is 0. The van der Waals surface area contributed by atoms with E-state index in [0.29, 0.717) is 32.7 Å². The van der Waals surface area contributed by atoms with Gasteiger partial charge in [0.2, 0.25) is 0 Å². The molecule has 0 bridgehead atoms. The highest BCUT2D eigenvalue weighted by atomic mass is 35.5. The van der Waals surface area contributed by atoms with Crippen molar-refractivity contribution >= 4 is 51.5 Å². The van der Waals surface area contributed by atoms with Crippen molar-refractivity contribution in [1.29, 1.82) is 0 Å². The number of carbonyl (C=O) groups is 2. The van der Waals surface area contributed by atoms with Crippen molar-refractivity contribution in [3.8, 4) is 0 Å². The van der Waals surface area contributed by atoms with Crippen LogP contribution >= 0.6 is 34.5 Å². The van der Waals surface area contributed by atoms with Gasteiger partial charge >= 0.3 is 0 Å². The van der Waals surface area contributed by atoms with Crippen LogP contribution in [0.25, 0.3) is 0 Å². The average Bonchev–Trinajstić information content (AvgIpc) is 3.16. The first-order chi connectivity index (χ1) is 12.1. The van der Waals surface area contributed by atoms with Crippen molar-refractivity contribution < 1.29 is 9.59 Å². The number of aromatic nitrogens is 1. The number of nitrogens with zero attached hydrogens (tertiary/aromatic N) is 2. The molecule has 124 valence electrons. The second-order valence-electron chi connectivity index (χ2n) is 5.49. The lowest BCUT2D eigenvalue weighted by molar-refractivity contribution is 0.0926. The highest BCUT2D eigenvalue weighted by Gasteiger charge is 2.37. The van der Waals surface area contributed by atoms with E-state index in [9.17, 15) is 9.59 Å². The van der Waals surface area contributed by atoms with Gasteiger partial charge < -0.3 is 0 Å². The number of hydrogen-bond acceptors (Lipinski definition) is 4. The number of carbonyl (C=O) groups excluding carboxylic acids is 2. The molecule has 2 heterocycles. The predicted molar refractivity (Wildman–Crippen MR) is 99.0 cm³/mol. The van der Waals surface area contributed by atoms with Gasteiger partial charge in [-0.05, 0) is 23.8 Å². The maximum absolute atomic E-state index is 12.5. The van der Waals surface area contributed by atoms with Crippen LogP contribution in [0.4, 0.5) is 5.13 Å². The Morgan fingerprint density at radius 1 is 0.960 bits per heavy atom. The molecule has 2 amide bonds. The Labute approximate surface area is 157 Å². The second-order valence-corrected chi connectivity index (χ2v) is 7.37. The highest BCUT2D eigenvalue weighted by Crippen LogP contribution is 2.33. The molecule has 0 fully saturated rings. The van der Waals surface area contributed by atoms with E-state index < -0.39 is 0 Å². The maximum atomic E-state index is 12.5. The maximum Gasteiger partial charge on any atom is 0.268 e. The summed E-state index contributed by atoms with van der Waals surface area (Å²) in [4.78, 5) is 31.3. The number of imide groups is 1. The van der Waals surface area contributed by atoms with Crippen molar-refractivity contribution in [2.24, 2.45) is 0 Å². The van der Waals surface area contributed by atoms with E-state index in [2.05, 4.69) is 4.98 Å². The summed E-state index contributed by atoms with van der Waals surface area (Å²) in [5.41, 5.74) is 1.68. The van der Waals surface area contributed by atoms with Crippen molar-refractivity contribution in [2.75, 3.05) is 4.90 Å². The normalized spacial score (nSPS) is 13.4. The van der Waals surface area contributed by atoms with Crippen molar-refractivity contribution in [2.45, 2.75) is 6.42 Å². The van der Waals surface area contributed by atoms with Gasteiger partial charge in [-0.3, -0.25) is 9.59 Å². The quantitative estimate of drug-likeness (QED) is 0.603. The molecule has 0 atom stereocenters. The molecule has 25 heavy (non-hydrogen) atoms. The molecule has 7 heteroatoms. The van der Waals surface area contributed by atoms with Crippen LogP contribution in [0.5, 0.6) is 0 Å². The Hall–Kier alpha value is -2.21. The lowest BCUT2D eigenvalue weighted by Crippen LogP contribution is -2.29. The van der Waals surface area contributed by atoms with E-state index in [0.717, 1.165) is 15.3 Å². The Kier molecular flexibility index (Phi) is 4.07. The van der Waals surface area contributed by atoms with Crippen LogP contribution < -0.4 is 4.90 Å². The third-order valence-electron chi connectivity index (χ3n) is 3.92. The molecule has 1 aliphatic rings. The van der Waals surface area contributed by atoms with Crippen molar-refractivity contribution in [3.63, 3.8) is 0 Å². The Morgan fingerprint density at radius 2 is 1.64 bits per heavy atom. The number of rotatable bonds is 3. The van der Waals surface area contributed by atoms with Crippen LogP contribution in [0.2, 0.25) is 10.0 Å². The van der Waals surface area contributed by atoms with Crippen LogP contribution in [-0.4, -0.2) is 16.8 Å². The van der Waals surface area contributed by atoms with Crippen molar-refractivity contribution in [1.82, 2.24) is 4.98 Å². The number of halogens is 2. The van der Waals surface area contributed by atoms with Crippen LogP contribution in [0.15, 0.2) is 48.7 Å². The first-order valence-corrected chi connectivity index (χ1v) is 8.99. The largest absolute Gasteiger partial charge is 0.268 e. The predicted octanol–water partition coefficient (Wildman–Crippen LogP) is 4.84. The fourth-order valence-electron chi connectivity index (χ4n) is 2.72. The van der Waals surface area contributed by atoms with Gasteiger partial charge in [-0.15, -0.1) is 11.3 Å². The van der Waals surface area contributed by atoms with E-state index >= 15 is 0 Å². The molecule has 2 aromatic carbocycles. The van der Waals surface area contributed by atoms with E-state index in [4.69, 9.17) is 23.2 Å². The molecular weight excluding hydrogens is 379 g/mol. The summed E-state index contributed by atoms with van der Waals surface area (Å²) in [6, 6.07) is 12.2. The van der Waals surface area contributed by atoms with Gasteiger partial charge in [0.1, 0.15) is 0 Å². The van der Waals surface area contributed by atoms with E-state index in [-0.39, 0.29) is 11.8 Å². The number of hydrogen-bond donors (Lipinski definition) is 0. The third-order valence-corrected chi connectivity index (χ3v) is 5.76. The van der Waals surface area contributed by atoms with E-state index in [1.165, 1.54) is 11.3 Å². The number of anilines is 1. The molecule has 0 saturated heterocycles. The van der Waals surface area contributed by atoms with Crippen LogP contribution in [0, 0.1) is 0 Å². The zero-order valence-electron chi connectivity index (χ0n) is 12.7. The van der Waals surface area contributed by atoms with Crippen LogP contribution in [-0.2, 0) is 6.42 Å². The van der Waals surface area contributed by atoms with Crippen LogP contribution in [0.3, 0.4) is 0 Å². The standard InChI is InChI=1S/C18H10Cl2N2O2S/c19-14-7-3-4-10(15(14)20)8-11-9-21-18(25-11)22-16(23)12-5-1-2-6-13(12)17(22)24/h1-7,9H,8H2. The zero-order chi connectivity index (χ0) is 17.6. The molecule has 1 aliphatic heterocycles. The SMILES string of the molecule is O=C1c2ccccc2C(=O)N1c1ncc(Cc2cccc(Cl)c2Cl)s1. The monoisotopic (exact) mass is 388 g/mol. The number of thiazole rings is 1. The number of amides is 2. The lowest BCUT2D eigenvalue weighted by Gasteiger charge is -2.08. The number of fused-ring (bicyclic) bond motifs is 1. The summed E-state index contributed by atoms with van der Waals surface area (Å²) in [5.74, 6) is -0.690. The van der Waals surface area contributed by atoms with Gasteiger partial charge in [0, 0.05) is 17.5 Å². The summed E-state index contributed by atoms with van der Waals surface area (Å²) in [5, 5.41) is 1.35. The first kappa shape index (κ1) is 16.3. The van der Waals surface area contributed by atoms with Gasteiger partial charge in [-0.25, -0.2) is 9.88 Å². The molecule has 0 aliphatic carbocycles. The van der Waals surface area contributed by atoms with Gasteiger partial charge in [-0.2, -0.15) is 0 Å². The Balaban J connectivity index is 1.63. The highest BCUT2D eigenvalue weighted by molar-refractivity contribution is 7.16. The van der Waals surface area contributed by atoms with Gasteiger partial charge in [0.05, 0.1) is 21.2 Å². The van der Waals surface area contributed by atoms with Crippen molar-refractivity contribution in [3.05, 3.63) is 80.3 Å². The minimum absolute atomic E-state index is 0.345. The zero-order valence-corrected chi connectivity index (χ0v) is 15.0. The molecule has 0 saturated carbocycles. The summed E-state index contributed by atoms with van der Waals surface area (Å²) in [6.45, 7) is 0. The molecule has 4 nitrogen and oxygen atoms in total. The van der Waals surface area contributed by atoms with Gasteiger partial charge in [0.25, 0.3) is 11.8 Å². The fourth-order valence-corrected chi connectivity index (χ4v) is 4.03. The first-order valence-electron chi connectivity index (χ1n) is 7.41.